The highest BCUT2D eigenvalue weighted by Gasteiger charge is 2.20. The number of hydrogen-bond donors (Lipinski definition) is 0. The van der Waals surface area contributed by atoms with Crippen molar-refractivity contribution in [1.82, 2.24) is 4.90 Å². The average molecular weight is 302 g/mol. The molecule has 0 radical (unpaired) electrons. The Kier molecular flexibility index (Phi) is 5.12. The number of carbonyl (C=O) groups is 1. The van der Waals surface area contributed by atoms with Crippen LogP contribution in [0.4, 0.5) is 4.39 Å². The van der Waals surface area contributed by atoms with Crippen molar-refractivity contribution in [2.24, 2.45) is 0 Å². The predicted octanol–water partition coefficient (Wildman–Crippen LogP) is 3.38. The second-order valence-corrected chi connectivity index (χ2v) is 5.06. The van der Waals surface area contributed by atoms with Crippen LogP contribution in [-0.4, -0.2) is 28.7 Å². The molecule has 1 aromatic carbocycles. The largest absolute Gasteiger partial charge is 0.335 e. The van der Waals surface area contributed by atoms with Crippen LogP contribution in [0.5, 0.6) is 0 Å². The fraction of sp³-hybridized carbons (Fsp3) is 0.462. The maximum atomic E-state index is 13.7. The third-order valence-corrected chi connectivity index (χ3v) is 2.92. The lowest BCUT2D eigenvalue weighted by molar-refractivity contribution is 0.0714. The van der Waals surface area contributed by atoms with Gasteiger partial charge in [0.2, 0.25) is 0 Å². The quantitative estimate of drug-likeness (QED) is 0.781. The number of halogens is 2. The first-order valence-electron chi connectivity index (χ1n) is 5.60. The van der Waals surface area contributed by atoms with Gasteiger partial charge < -0.3 is 4.90 Å². The minimum absolute atomic E-state index is 0.0563. The van der Waals surface area contributed by atoms with Gasteiger partial charge in [-0.05, 0) is 38.5 Å². The third-order valence-electron chi connectivity index (χ3n) is 2.56. The topological polar surface area (TPSA) is 20.3 Å². The molecule has 0 N–H and O–H groups in total. The molecule has 0 spiro atoms. The molecule has 0 fully saturated rings. The van der Waals surface area contributed by atoms with Crippen LogP contribution in [-0.2, 0) is 0 Å². The van der Waals surface area contributed by atoms with E-state index in [1.807, 2.05) is 13.8 Å². The van der Waals surface area contributed by atoms with E-state index >= 15 is 0 Å². The van der Waals surface area contributed by atoms with Crippen molar-refractivity contribution < 1.29 is 9.18 Å². The van der Waals surface area contributed by atoms with E-state index in [0.29, 0.717) is 11.9 Å². The highest BCUT2D eigenvalue weighted by molar-refractivity contribution is 9.09. The number of amides is 1. The molecule has 0 unspecified atom stereocenters. The Hall–Kier alpha value is -0.900. The molecular formula is C13H17BrFNO. The van der Waals surface area contributed by atoms with Gasteiger partial charge in [0.05, 0.1) is 5.56 Å². The summed E-state index contributed by atoms with van der Waals surface area (Å²) in [5.41, 5.74) is 0.959. The summed E-state index contributed by atoms with van der Waals surface area (Å²) in [6.07, 6.45) is 0. The molecule has 2 nitrogen and oxygen atoms in total. The first kappa shape index (κ1) is 14.2. The van der Waals surface area contributed by atoms with E-state index in [1.165, 1.54) is 6.07 Å². The molecule has 1 aromatic rings. The summed E-state index contributed by atoms with van der Waals surface area (Å²) in [4.78, 5) is 13.8. The summed E-state index contributed by atoms with van der Waals surface area (Å²) in [6.45, 7) is 6.22. The number of carbonyl (C=O) groups excluding carboxylic acids is 1. The van der Waals surface area contributed by atoms with Gasteiger partial charge >= 0.3 is 0 Å². The first-order chi connectivity index (χ1) is 7.97. The molecule has 0 saturated carbocycles. The SMILES string of the molecule is Cc1ccc(C(=O)N(CCBr)C(C)C)c(F)c1. The zero-order valence-corrected chi connectivity index (χ0v) is 11.9. The molecular weight excluding hydrogens is 285 g/mol. The number of nitrogens with zero attached hydrogens (tertiary/aromatic N) is 1. The van der Waals surface area contributed by atoms with Crippen molar-refractivity contribution >= 4 is 21.8 Å². The van der Waals surface area contributed by atoms with Gasteiger partial charge in [-0.1, -0.05) is 22.0 Å². The zero-order chi connectivity index (χ0) is 13.0. The van der Waals surface area contributed by atoms with Gasteiger partial charge in [-0.15, -0.1) is 0 Å². The van der Waals surface area contributed by atoms with Crippen molar-refractivity contribution in [2.45, 2.75) is 26.8 Å². The lowest BCUT2D eigenvalue weighted by atomic mass is 10.1. The third kappa shape index (κ3) is 3.53. The lowest BCUT2D eigenvalue weighted by Gasteiger charge is -2.26. The van der Waals surface area contributed by atoms with Gasteiger partial charge in [-0.2, -0.15) is 0 Å². The maximum absolute atomic E-state index is 13.7. The molecule has 0 bridgehead atoms. The Labute approximate surface area is 110 Å². The molecule has 0 heterocycles. The van der Waals surface area contributed by atoms with E-state index in [4.69, 9.17) is 0 Å². The number of aryl methyl sites for hydroxylation is 1. The summed E-state index contributed by atoms with van der Waals surface area (Å²) < 4.78 is 13.7. The highest BCUT2D eigenvalue weighted by atomic mass is 79.9. The fourth-order valence-electron chi connectivity index (χ4n) is 1.63. The van der Waals surface area contributed by atoms with Crippen LogP contribution in [0.25, 0.3) is 0 Å². The number of alkyl halides is 1. The molecule has 4 heteroatoms. The van der Waals surface area contributed by atoms with E-state index in [0.717, 1.165) is 5.56 Å². The van der Waals surface area contributed by atoms with Gasteiger partial charge in [-0.25, -0.2) is 4.39 Å². The van der Waals surface area contributed by atoms with Gasteiger partial charge in [-0.3, -0.25) is 4.79 Å². The lowest BCUT2D eigenvalue weighted by Crippen LogP contribution is -2.38. The van der Waals surface area contributed by atoms with E-state index in [9.17, 15) is 9.18 Å². The van der Waals surface area contributed by atoms with Crippen LogP contribution in [0.2, 0.25) is 0 Å². The molecule has 1 amide bonds. The Morgan fingerprint density at radius 2 is 2.12 bits per heavy atom. The average Bonchev–Trinajstić information content (AvgIpc) is 2.24. The molecule has 1 rings (SSSR count). The van der Waals surface area contributed by atoms with E-state index in [1.54, 1.807) is 24.0 Å². The summed E-state index contributed by atoms with van der Waals surface area (Å²) in [7, 11) is 0. The van der Waals surface area contributed by atoms with Crippen molar-refractivity contribution in [2.75, 3.05) is 11.9 Å². The van der Waals surface area contributed by atoms with Crippen molar-refractivity contribution in [1.29, 1.82) is 0 Å². The van der Waals surface area contributed by atoms with Crippen LogP contribution < -0.4 is 0 Å². The maximum Gasteiger partial charge on any atom is 0.257 e. The van der Waals surface area contributed by atoms with Crippen molar-refractivity contribution in [3.8, 4) is 0 Å². The summed E-state index contributed by atoms with van der Waals surface area (Å²) in [5.74, 6) is -0.702. The van der Waals surface area contributed by atoms with Crippen molar-refractivity contribution in [3.63, 3.8) is 0 Å². The Morgan fingerprint density at radius 1 is 1.47 bits per heavy atom. The van der Waals surface area contributed by atoms with Crippen LogP contribution in [0.1, 0.15) is 29.8 Å². The van der Waals surface area contributed by atoms with E-state index in [2.05, 4.69) is 15.9 Å². The summed E-state index contributed by atoms with van der Waals surface area (Å²) >= 11 is 3.30. The van der Waals surface area contributed by atoms with Gasteiger partial charge in [0.15, 0.2) is 0 Å². The minimum Gasteiger partial charge on any atom is -0.335 e. The summed E-state index contributed by atoms with van der Waals surface area (Å²) in [5, 5.41) is 0.685. The molecule has 0 aliphatic heterocycles. The smallest absolute Gasteiger partial charge is 0.257 e. The van der Waals surface area contributed by atoms with Crippen LogP contribution in [0.15, 0.2) is 18.2 Å². The molecule has 0 atom stereocenters. The molecule has 0 aromatic heterocycles. The predicted molar refractivity (Wildman–Crippen MR) is 71.1 cm³/mol. The van der Waals surface area contributed by atoms with Gasteiger partial charge in [0.25, 0.3) is 5.91 Å². The monoisotopic (exact) mass is 301 g/mol. The standard InChI is InChI=1S/C13H17BrFNO/c1-9(2)16(7-6-14)13(17)11-5-4-10(3)8-12(11)15/h4-5,8-9H,6-7H2,1-3H3. The van der Waals surface area contributed by atoms with Gasteiger partial charge in [0.1, 0.15) is 5.82 Å². The normalized spacial score (nSPS) is 10.7. The second kappa shape index (κ2) is 6.15. The Morgan fingerprint density at radius 3 is 2.59 bits per heavy atom. The fourth-order valence-corrected chi connectivity index (χ4v) is 2.02. The zero-order valence-electron chi connectivity index (χ0n) is 10.3. The van der Waals surface area contributed by atoms with Gasteiger partial charge in [0, 0.05) is 17.9 Å². The minimum atomic E-state index is -0.449. The van der Waals surface area contributed by atoms with E-state index in [-0.39, 0.29) is 17.5 Å². The van der Waals surface area contributed by atoms with Crippen molar-refractivity contribution in [3.05, 3.63) is 35.1 Å². The Balaban J connectivity index is 3.01. The molecule has 0 aliphatic carbocycles. The van der Waals surface area contributed by atoms with Crippen LogP contribution in [0.3, 0.4) is 0 Å². The molecule has 17 heavy (non-hydrogen) atoms. The number of hydrogen-bond acceptors (Lipinski definition) is 1. The van der Waals surface area contributed by atoms with Crippen LogP contribution in [0, 0.1) is 12.7 Å². The first-order valence-corrected chi connectivity index (χ1v) is 6.72. The van der Waals surface area contributed by atoms with Crippen LogP contribution >= 0.6 is 15.9 Å². The molecule has 94 valence electrons. The molecule has 0 aliphatic rings. The Bertz CT molecular complexity index is 406. The molecule has 0 saturated heterocycles. The second-order valence-electron chi connectivity index (χ2n) is 4.26. The van der Waals surface area contributed by atoms with E-state index < -0.39 is 5.82 Å². The summed E-state index contributed by atoms with van der Waals surface area (Å²) in [6, 6.07) is 4.75. The highest BCUT2D eigenvalue weighted by Crippen LogP contribution is 2.14. The number of benzene rings is 1. The number of rotatable bonds is 4.